The van der Waals surface area contributed by atoms with Crippen LogP contribution in [0, 0.1) is 10.1 Å². The number of aromatic nitrogens is 1. The number of aliphatic hydroxyl groups is 1. The zero-order valence-corrected chi connectivity index (χ0v) is 22.1. The van der Waals surface area contributed by atoms with Crippen molar-refractivity contribution >= 4 is 72.4 Å². The number of rotatable bonds is 6. The monoisotopic (exact) mass is 587 g/mol. The molecule has 2 aromatic heterocycles. The molecule has 14 heteroatoms. The van der Waals surface area contributed by atoms with Gasteiger partial charge < -0.3 is 5.11 Å². The van der Waals surface area contributed by atoms with E-state index in [1.807, 2.05) is 0 Å². The molecule has 3 heterocycles. The summed E-state index contributed by atoms with van der Waals surface area (Å²) in [5.74, 6) is -2.34. The summed E-state index contributed by atoms with van der Waals surface area (Å²) in [4.78, 5) is 42.2. The van der Waals surface area contributed by atoms with Crippen LogP contribution in [0.25, 0.3) is 5.76 Å². The van der Waals surface area contributed by atoms with Gasteiger partial charge in [0.1, 0.15) is 16.0 Å². The van der Waals surface area contributed by atoms with Gasteiger partial charge in [0, 0.05) is 27.6 Å². The molecule has 2 aromatic carbocycles. The second-order valence-corrected chi connectivity index (χ2v) is 12.5. The van der Waals surface area contributed by atoms with Crippen LogP contribution in [0.5, 0.6) is 0 Å². The molecular formula is C24H14ClN3O7S3. The van der Waals surface area contributed by atoms with Crippen LogP contribution >= 0.6 is 34.3 Å². The van der Waals surface area contributed by atoms with Crippen LogP contribution in [0.4, 0.5) is 10.8 Å². The lowest BCUT2D eigenvalue weighted by atomic mass is 10.00. The van der Waals surface area contributed by atoms with E-state index in [1.165, 1.54) is 35.6 Å². The maximum atomic E-state index is 13.2. The summed E-state index contributed by atoms with van der Waals surface area (Å²) in [6, 6.07) is 12.8. The maximum Gasteiger partial charge on any atom is 0.301 e. The van der Waals surface area contributed by atoms with E-state index in [9.17, 15) is 33.2 Å². The Morgan fingerprint density at radius 3 is 2.37 bits per heavy atom. The van der Waals surface area contributed by atoms with Crippen molar-refractivity contribution < 1.29 is 28.0 Å². The van der Waals surface area contributed by atoms with Crippen molar-refractivity contribution in [2.75, 3.05) is 4.90 Å². The van der Waals surface area contributed by atoms with Crippen molar-refractivity contribution in [3.8, 4) is 0 Å². The highest BCUT2D eigenvalue weighted by molar-refractivity contribution is 7.93. The number of hydrogen-bond donors (Lipinski definition) is 1. The Morgan fingerprint density at radius 2 is 1.76 bits per heavy atom. The molecule has 4 aromatic rings. The molecule has 1 saturated heterocycles. The number of benzene rings is 2. The molecule has 0 bridgehead atoms. The Balaban J connectivity index is 1.59. The Labute approximate surface area is 228 Å². The van der Waals surface area contributed by atoms with Gasteiger partial charge in [0.15, 0.2) is 5.13 Å². The molecule has 1 aliphatic rings. The van der Waals surface area contributed by atoms with Gasteiger partial charge in [-0.25, -0.2) is 13.4 Å². The standard InChI is InChI=1S/C24H14ClN3O7S3/c25-14-5-3-13(4-6-14)21(29)19-20(17-2-1-11-36-17)27(23(31)22(19)30)24-26-12-18(37-24)38(34,35)16-9-7-15(8-10-16)28(32)33/h1-12,20,29H. The fourth-order valence-corrected chi connectivity index (χ4v) is 7.35. The van der Waals surface area contributed by atoms with Crippen molar-refractivity contribution in [1.82, 2.24) is 4.98 Å². The van der Waals surface area contributed by atoms with E-state index < -0.39 is 38.3 Å². The largest absolute Gasteiger partial charge is 0.507 e. The van der Waals surface area contributed by atoms with Gasteiger partial charge in [-0.3, -0.25) is 24.6 Å². The number of non-ortho nitro benzene ring substituents is 1. The summed E-state index contributed by atoms with van der Waals surface area (Å²) in [5.41, 5.74) is -0.169. The summed E-state index contributed by atoms with van der Waals surface area (Å²) in [6.45, 7) is 0. The average molecular weight is 588 g/mol. The molecule has 38 heavy (non-hydrogen) atoms. The number of halogens is 1. The molecule has 0 aliphatic carbocycles. The number of sulfone groups is 1. The van der Waals surface area contributed by atoms with Crippen LogP contribution in [0.1, 0.15) is 16.5 Å². The number of anilines is 1. The summed E-state index contributed by atoms with van der Waals surface area (Å²) in [6.07, 6.45) is 1.06. The minimum absolute atomic E-state index is 0.0684. The Morgan fingerprint density at radius 1 is 1.08 bits per heavy atom. The van der Waals surface area contributed by atoms with Gasteiger partial charge in [0.05, 0.1) is 21.6 Å². The van der Waals surface area contributed by atoms with Gasteiger partial charge in [0.25, 0.3) is 11.5 Å². The van der Waals surface area contributed by atoms with Crippen LogP contribution in [0.3, 0.4) is 0 Å². The first kappa shape index (κ1) is 25.7. The SMILES string of the molecule is O=C1C(=O)N(c2ncc(S(=O)(=O)c3ccc([N+](=O)[O-])cc3)s2)C(c2cccs2)C1=C(O)c1ccc(Cl)cc1. The van der Waals surface area contributed by atoms with Crippen LogP contribution in [-0.2, 0) is 19.4 Å². The first-order valence-electron chi connectivity index (χ1n) is 10.7. The Hall–Kier alpha value is -3.91. The number of amides is 1. The molecule has 192 valence electrons. The minimum Gasteiger partial charge on any atom is -0.507 e. The summed E-state index contributed by atoms with van der Waals surface area (Å²) >= 11 is 7.84. The number of thiophene rings is 1. The fraction of sp³-hybridized carbons (Fsp3) is 0.0417. The highest BCUT2D eigenvalue weighted by Crippen LogP contribution is 2.45. The Bertz CT molecular complexity index is 1710. The highest BCUT2D eigenvalue weighted by atomic mass is 35.5. The van der Waals surface area contributed by atoms with Gasteiger partial charge in [0.2, 0.25) is 9.84 Å². The third-order valence-electron chi connectivity index (χ3n) is 5.68. The average Bonchev–Trinajstić information content (AvgIpc) is 3.65. The van der Waals surface area contributed by atoms with Gasteiger partial charge in [-0.1, -0.05) is 29.0 Å². The van der Waals surface area contributed by atoms with Crippen LogP contribution < -0.4 is 4.90 Å². The predicted molar refractivity (Wildman–Crippen MR) is 141 cm³/mol. The number of thiazole rings is 1. The molecule has 0 spiro atoms. The zero-order valence-electron chi connectivity index (χ0n) is 18.8. The molecule has 5 rings (SSSR count). The van der Waals surface area contributed by atoms with E-state index in [-0.39, 0.29) is 31.1 Å². The number of nitro benzene ring substituents is 1. The number of Topliss-reactive ketones (excluding diaryl/α,β-unsaturated/α-hetero) is 1. The van der Waals surface area contributed by atoms with E-state index in [1.54, 1.807) is 17.5 Å². The van der Waals surface area contributed by atoms with Crippen molar-refractivity contribution in [2.24, 2.45) is 0 Å². The maximum absolute atomic E-state index is 13.2. The molecule has 10 nitrogen and oxygen atoms in total. The normalized spacial score (nSPS) is 17.2. The molecule has 1 atom stereocenters. The second kappa shape index (κ2) is 9.76. The van der Waals surface area contributed by atoms with Crippen molar-refractivity contribution in [1.29, 1.82) is 0 Å². The molecule has 1 fully saturated rings. The van der Waals surface area contributed by atoms with Gasteiger partial charge >= 0.3 is 5.91 Å². The van der Waals surface area contributed by atoms with Gasteiger partial charge in [-0.05, 0) is 47.8 Å². The summed E-state index contributed by atoms with van der Waals surface area (Å²) in [5, 5.41) is 24.1. The quantitative estimate of drug-likeness (QED) is 0.106. The summed E-state index contributed by atoms with van der Waals surface area (Å²) < 4.78 is 26.1. The molecule has 0 saturated carbocycles. The van der Waals surface area contributed by atoms with Crippen molar-refractivity contribution in [3.05, 3.63) is 103 Å². The van der Waals surface area contributed by atoms with Gasteiger partial charge in [-0.15, -0.1) is 11.3 Å². The zero-order chi connectivity index (χ0) is 27.2. The molecule has 0 radical (unpaired) electrons. The van der Waals surface area contributed by atoms with Crippen molar-refractivity contribution in [2.45, 2.75) is 15.1 Å². The highest BCUT2D eigenvalue weighted by Gasteiger charge is 2.48. The van der Waals surface area contributed by atoms with Crippen LogP contribution in [0.2, 0.25) is 5.02 Å². The molecular weight excluding hydrogens is 574 g/mol. The first-order chi connectivity index (χ1) is 18.1. The van der Waals surface area contributed by atoms with E-state index in [2.05, 4.69) is 4.98 Å². The van der Waals surface area contributed by atoms with Gasteiger partial charge in [-0.2, -0.15) is 0 Å². The Kier molecular flexibility index (Phi) is 6.61. The van der Waals surface area contributed by atoms with Crippen molar-refractivity contribution in [3.63, 3.8) is 0 Å². The van der Waals surface area contributed by atoms with Crippen LogP contribution in [-0.4, -0.2) is 35.1 Å². The lowest BCUT2D eigenvalue weighted by Gasteiger charge is -2.21. The molecule has 1 unspecified atom stereocenters. The third-order valence-corrected chi connectivity index (χ3v) is 10.1. The van der Waals surface area contributed by atoms with Crippen LogP contribution in [0.15, 0.2) is 86.9 Å². The molecule has 1 N–H and O–H groups in total. The van der Waals surface area contributed by atoms with E-state index >= 15 is 0 Å². The number of nitro groups is 1. The fourth-order valence-electron chi connectivity index (χ4n) is 3.86. The minimum atomic E-state index is -4.13. The topological polar surface area (TPSA) is 148 Å². The van der Waals surface area contributed by atoms with E-state index in [4.69, 9.17) is 11.6 Å². The van der Waals surface area contributed by atoms with E-state index in [0.717, 1.165) is 35.4 Å². The predicted octanol–water partition coefficient (Wildman–Crippen LogP) is 5.23. The summed E-state index contributed by atoms with van der Waals surface area (Å²) in [7, 11) is -4.13. The smallest absolute Gasteiger partial charge is 0.301 e. The third kappa shape index (κ3) is 4.39. The number of hydrogen-bond acceptors (Lipinski definition) is 10. The number of nitrogens with zero attached hydrogens (tertiary/aromatic N) is 3. The first-order valence-corrected chi connectivity index (χ1v) is 14.2. The second-order valence-electron chi connectivity index (χ2n) is 7.91. The number of ketones is 1. The van der Waals surface area contributed by atoms with E-state index in [0.29, 0.717) is 21.2 Å². The lowest BCUT2D eigenvalue weighted by Crippen LogP contribution is -2.28. The number of carbonyl (C=O) groups excluding carboxylic acids is 2. The number of carbonyl (C=O) groups is 2. The lowest BCUT2D eigenvalue weighted by molar-refractivity contribution is -0.384. The number of aliphatic hydroxyl groups excluding tert-OH is 1. The molecule has 1 aliphatic heterocycles. The molecule has 1 amide bonds.